The van der Waals surface area contributed by atoms with Crippen LogP contribution in [0.4, 0.5) is 0 Å². The number of morpholine rings is 1. The fourth-order valence-corrected chi connectivity index (χ4v) is 2.78. The third-order valence-corrected chi connectivity index (χ3v) is 3.76. The molecule has 108 valence electrons. The van der Waals surface area contributed by atoms with Gasteiger partial charge in [0, 0.05) is 18.7 Å². The molecule has 0 radical (unpaired) electrons. The molecule has 6 heteroatoms. The van der Waals surface area contributed by atoms with Gasteiger partial charge in [0.2, 0.25) is 5.91 Å². The molecule has 6 nitrogen and oxygen atoms in total. The lowest BCUT2D eigenvalue weighted by Crippen LogP contribution is -2.48. The highest BCUT2D eigenvalue weighted by molar-refractivity contribution is 5.78. The Balaban J connectivity index is 2.06. The predicted molar refractivity (Wildman–Crippen MR) is 73.0 cm³/mol. The van der Waals surface area contributed by atoms with Crippen molar-refractivity contribution < 1.29 is 9.53 Å². The lowest BCUT2D eigenvalue weighted by Gasteiger charge is -2.32. The van der Waals surface area contributed by atoms with Gasteiger partial charge in [-0.1, -0.05) is 6.92 Å². The number of rotatable bonds is 3. The van der Waals surface area contributed by atoms with Gasteiger partial charge in [-0.15, -0.1) is 0 Å². The summed E-state index contributed by atoms with van der Waals surface area (Å²) in [7, 11) is 0. The average Bonchev–Trinajstić information content (AvgIpc) is 2.78. The van der Waals surface area contributed by atoms with Crippen LogP contribution in [-0.4, -0.2) is 46.8 Å². The second kappa shape index (κ2) is 6.06. The molecular formula is C14H20N4O2. The highest BCUT2D eigenvalue weighted by Crippen LogP contribution is 2.25. The summed E-state index contributed by atoms with van der Waals surface area (Å²) in [6.45, 7) is 7.22. The van der Waals surface area contributed by atoms with Crippen molar-refractivity contribution >= 4 is 5.91 Å². The number of aromatic amines is 1. The number of hydrogen-bond acceptors (Lipinski definition) is 4. The van der Waals surface area contributed by atoms with Crippen molar-refractivity contribution in [3.63, 3.8) is 0 Å². The molecule has 0 aliphatic carbocycles. The number of aromatic nitrogens is 2. The summed E-state index contributed by atoms with van der Waals surface area (Å²) in [6, 6.07) is 1.66. The summed E-state index contributed by atoms with van der Waals surface area (Å²) in [5, 5.41) is 16.2. The van der Waals surface area contributed by atoms with E-state index in [1.54, 1.807) is 4.90 Å². The van der Waals surface area contributed by atoms with Gasteiger partial charge in [-0.2, -0.15) is 10.4 Å². The molecule has 20 heavy (non-hydrogen) atoms. The summed E-state index contributed by atoms with van der Waals surface area (Å²) < 4.78 is 5.24. The molecule has 0 bridgehead atoms. The van der Waals surface area contributed by atoms with Crippen LogP contribution in [0.3, 0.4) is 0 Å². The zero-order valence-electron chi connectivity index (χ0n) is 12.1. The van der Waals surface area contributed by atoms with Crippen LogP contribution < -0.4 is 0 Å². The molecule has 0 unspecified atom stereocenters. The van der Waals surface area contributed by atoms with Crippen LogP contribution in [0, 0.1) is 25.2 Å². The molecule has 2 rings (SSSR count). The normalized spacial score (nSPS) is 20.5. The minimum atomic E-state index is -0.463. The highest BCUT2D eigenvalue weighted by atomic mass is 16.5. The second-order valence-electron chi connectivity index (χ2n) is 5.26. The summed E-state index contributed by atoms with van der Waals surface area (Å²) in [4.78, 5) is 14.0. The maximum absolute atomic E-state index is 12.4. The van der Waals surface area contributed by atoms with Gasteiger partial charge in [0.15, 0.2) is 0 Å². The first-order valence-electron chi connectivity index (χ1n) is 6.83. The van der Waals surface area contributed by atoms with Crippen molar-refractivity contribution in [2.45, 2.75) is 39.2 Å². The Bertz CT molecular complexity index is 512. The zero-order valence-corrected chi connectivity index (χ0v) is 12.1. The fourth-order valence-electron chi connectivity index (χ4n) is 2.78. The molecule has 1 N–H and O–H groups in total. The maximum Gasteiger partial charge on any atom is 0.224 e. The lowest BCUT2D eigenvalue weighted by atomic mass is 9.95. The monoisotopic (exact) mass is 276 g/mol. The standard InChI is InChI=1S/C14H20N4O2/c1-9(14-10(2)16-17-11(14)3)6-13(19)18-4-5-20-8-12(18)7-15/h9,12H,4-6,8H2,1-3H3,(H,16,17)/t9-,12-/m1/s1. The number of hydrogen-bond donors (Lipinski definition) is 1. The number of nitrogens with one attached hydrogen (secondary N) is 1. The quantitative estimate of drug-likeness (QED) is 0.901. The van der Waals surface area contributed by atoms with Crippen LogP contribution in [0.5, 0.6) is 0 Å². The molecule has 2 heterocycles. The van der Waals surface area contributed by atoms with Gasteiger partial charge in [0.05, 0.1) is 25.0 Å². The van der Waals surface area contributed by atoms with Gasteiger partial charge < -0.3 is 9.64 Å². The molecular weight excluding hydrogens is 256 g/mol. The third-order valence-electron chi connectivity index (χ3n) is 3.76. The average molecular weight is 276 g/mol. The zero-order chi connectivity index (χ0) is 14.7. The Morgan fingerprint density at radius 1 is 1.65 bits per heavy atom. The van der Waals surface area contributed by atoms with Crippen LogP contribution in [0.15, 0.2) is 0 Å². The summed E-state index contributed by atoms with van der Waals surface area (Å²) in [6.07, 6.45) is 0.388. The van der Waals surface area contributed by atoms with E-state index in [1.807, 2.05) is 20.8 Å². The van der Waals surface area contributed by atoms with Crippen molar-refractivity contribution in [3.05, 3.63) is 17.0 Å². The van der Waals surface area contributed by atoms with Gasteiger partial charge in [-0.25, -0.2) is 0 Å². The maximum atomic E-state index is 12.4. The Morgan fingerprint density at radius 2 is 2.40 bits per heavy atom. The lowest BCUT2D eigenvalue weighted by molar-refractivity contribution is -0.138. The highest BCUT2D eigenvalue weighted by Gasteiger charge is 2.29. The van der Waals surface area contributed by atoms with E-state index in [-0.39, 0.29) is 11.8 Å². The number of carbonyl (C=O) groups is 1. The predicted octanol–water partition coefficient (Wildman–Crippen LogP) is 1.27. The number of nitrogens with zero attached hydrogens (tertiary/aromatic N) is 3. The third kappa shape index (κ3) is 2.83. The molecule has 1 aliphatic rings. The Morgan fingerprint density at radius 3 is 3.00 bits per heavy atom. The van der Waals surface area contributed by atoms with Crippen LogP contribution in [-0.2, 0) is 9.53 Å². The van der Waals surface area contributed by atoms with Gasteiger partial charge in [-0.3, -0.25) is 9.89 Å². The SMILES string of the molecule is Cc1n[nH]c(C)c1[C@H](C)CC(=O)N1CCOC[C@H]1C#N. The smallest absolute Gasteiger partial charge is 0.224 e. The van der Waals surface area contributed by atoms with Crippen molar-refractivity contribution in [2.75, 3.05) is 19.8 Å². The second-order valence-corrected chi connectivity index (χ2v) is 5.26. The molecule has 1 saturated heterocycles. The molecule has 1 amide bonds. The van der Waals surface area contributed by atoms with Gasteiger partial charge in [0.25, 0.3) is 0 Å². The molecule has 1 aromatic heterocycles. The molecule has 2 atom stereocenters. The first-order chi connectivity index (χ1) is 9.54. The first-order valence-corrected chi connectivity index (χ1v) is 6.83. The minimum absolute atomic E-state index is 0.00681. The Labute approximate surface area is 118 Å². The van der Waals surface area contributed by atoms with Crippen LogP contribution in [0.1, 0.15) is 36.2 Å². The van der Waals surface area contributed by atoms with Crippen molar-refractivity contribution in [1.82, 2.24) is 15.1 Å². The van der Waals surface area contributed by atoms with Crippen molar-refractivity contribution in [1.29, 1.82) is 5.26 Å². The van der Waals surface area contributed by atoms with E-state index >= 15 is 0 Å². The first kappa shape index (κ1) is 14.5. The van der Waals surface area contributed by atoms with Crippen LogP contribution in [0.2, 0.25) is 0 Å². The van der Waals surface area contributed by atoms with Crippen molar-refractivity contribution in [2.24, 2.45) is 0 Å². The van der Waals surface area contributed by atoms with E-state index in [9.17, 15) is 4.79 Å². The topological polar surface area (TPSA) is 82.0 Å². The van der Waals surface area contributed by atoms with E-state index < -0.39 is 6.04 Å². The molecule has 1 aromatic rings. The van der Waals surface area contributed by atoms with E-state index in [4.69, 9.17) is 10.00 Å². The van der Waals surface area contributed by atoms with Gasteiger partial charge >= 0.3 is 0 Å². The summed E-state index contributed by atoms with van der Waals surface area (Å²) in [5.41, 5.74) is 3.03. The van der Waals surface area contributed by atoms with E-state index in [2.05, 4.69) is 16.3 Å². The van der Waals surface area contributed by atoms with E-state index in [1.165, 1.54) is 0 Å². The fraction of sp³-hybridized carbons (Fsp3) is 0.643. The Hall–Kier alpha value is -1.87. The largest absolute Gasteiger partial charge is 0.376 e. The molecule has 1 fully saturated rings. The van der Waals surface area contributed by atoms with Crippen molar-refractivity contribution in [3.8, 4) is 6.07 Å². The summed E-state index contributed by atoms with van der Waals surface area (Å²) in [5.74, 6) is 0.0933. The number of carbonyl (C=O) groups excluding carboxylic acids is 1. The van der Waals surface area contributed by atoms with Gasteiger partial charge in [-0.05, 0) is 25.3 Å². The number of amides is 1. The van der Waals surface area contributed by atoms with Crippen LogP contribution >= 0.6 is 0 Å². The van der Waals surface area contributed by atoms with E-state index in [0.717, 1.165) is 17.0 Å². The van der Waals surface area contributed by atoms with Gasteiger partial charge in [0.1, 0.15) is 6.04 Å². The number of H-pyrrole nitrogens is 1. The molecule has 0 aromatic carbocycles. The number of aryl methyl sites for hydroxylation is 2. The molecule has 0 spiro atoms. The number of nitriles is 1. The van der Waals surface area contributed by atoms with E-state index in [0.29, 0.717) is 26.2 Å². The number of ether oxygens (including phenoxy) is 1. The molecule has 0 saturated carbocycles. The van der Waals surface area contributed by atoms with Crippen LogP contribution in [0.25, 0.3) is 0 Å². The minimum Gasteiger partial charge on any atom is -0.376 e. The Kier molecular flexibility index (Phi) is 4.40. The molecule has 1 aliphatic heterocycles. The summed E-state index contributed by atoms with van der Waals surface area (Å²) >= 11 is 0.